The van der Waals surface area contributed by atoms with Crippen molar-refractivity contribution >= 4 is 49.9 Å². The van der Waals surface area contributed by atoms with Gasteiger partial charge in [-0.1, -0.05) is 12.1 Å². The molecule has 176 valence electrons. The molecule has 1 aliphatic rings. The van der Waals surface area contributed by atoms with Gasteiger partial charge in [0, 0.05) is 22.4 Å². The zero-order valence-corrected chi connectivity index (χ0v) is 20.1. The molecule has 0 atom stereocenters. The number of anilines is 2. The maximum Gasteiger partial charge on any atom is 0.258 e. The summed E-state index contributed by atoms with van der Waals surface area (Å²) < 4.78 is 2.76. The molecule has 35 heavy (non-hydrogen) atoms. The van der Waals surface area contributed by atoms with Crippen molar-refractivity contribution in [2.24, 2.45) is 0 Å². The van der Waals surface area contributed by atoms with Crippen LogP contribution in [0.5, 0.6) is 0 Å². The van der Waals surface area contributed by atoms with Crippen molar-refractivity contribution in [2.45, 2.75) is 32.2 Å². The van der Waals surface area contributed by atoms with Gasteiger partial charge in [0.25, 0.3) is 5.91 Å². The number of fused-ring (bicyclic) bond motifs is 2. The van der Waals surface area contributed by atoms with E-state index in [-0.39, 0.29) is 5.91 Å². The summed E-state index contributed by atoms with van der Waals surface area (Å²) in [6.45, 7) is 2.56. The highest BCUT2D eigenvalue weighted by Gasteiger charge is 2.31. The Morgan fingerprint density at radius 3 is 2.86 bits per heavy atom. The molecule has 0 unspecified atom stereocenters. The number of hydrogen-bond acceptors (Lipinski definition) is 8. The van der Waals surface area contributed by atoms with Crippen LogP contribution in [0.2, 0.25) is 0 Å². The molecule has 1 aliphatic carbocycles. The van der Waals surface area contributed by atoms with Crippen LogP contribution in [0.1, 0.15) is 46.2 Å². The van der Waals surface area contributed by atoms with Gasteiger partial charge in [0.2, 0.25) is 0 Å². The van der Waals surface area contributed by atoms with E-state index in [0.29, 0.717) is 29.4 Å². The quantitative estimate of drug-likeness (QED) is 0.316. The first-order chi connectivity index (χ1) is 17.1. The number of carbonyl (C=O) groups is 1. The SMILES string of the molecule is CONc1ncnc2c(C(=O)Nc3cccc4c3c(C3CC3)nn4Cc3cccc(C)n3)csc12. The number of aryl methyl sites for hydroxylation is 1. The molecule has 10 heteroatoms. The van der Waals surface area contributed by atoms with E-state index in [0.717, 1.165) is 51.2 Å². The van der Waals surface area contributed by atoms with Crippen molar-refractivity contribution in [3.8, 4) is 0 Å². The first-order valence-corrected chi connectivity index (χ1v) is 12.2. The van der Waals surface area contributed by atoms with E-state index in [1.807, 2.05) is 41.9 Å². The molecule has 1 fully saturated rings. The Labute approximate surface area is 205 Å². The van der Waals surface area contributed by atoms with Gasteiger partial charge in [-0.25, -0.2) is 15.4 Å². The molecule has 0 bridgehead atoms. The molecule has 0 aliphatic heterocycles. The van der Waals surface area contributed by atoms with Crippen LogP contribution < -0.4 is 10.8 Å². The van der Waals surface area contributed by atoms with Gasteiger partial charge in [0.15, 0.2) is 5.82 Å². The Hall–Kier alpha value is -3.89. The zero-order chi connectivity index (χ0) is 23.9. The number of benzene rings is 1. The van der Waals surface area contributed by atoms with Gasteiger partial charge in [-0.15, -0.1) is 11.3 Å². The van der Waals surface area contributed by atoms with Gasteiger partial charge in [0.05, 0.1) is 52.0 Å². The maximum absolute atomic E-state index is 13.4. The van der Waals surface area contributed by atoms with Crippen LogP contribution in [0.15, 0.2) is 48.1 Å². The molecular weight excluding hydrogens is 462 g/mol. The fourth-order valence-electron chi connectivity index (χ4n) is 4.34. The van der Waals surface area contributed by atoms with Crippen molar-refractivity contribution in [3.63, 3.8) is 0 Å². The summed E-state index contributed by atoms with van der Waals surface area (Å²) in [4.78, 5) is 31.6. The predicted molar refractivity (Wildman–Crippen MR) is 136 cm³/mol. The molecule has 4 aromatic heterocycles. The number of rotatable bonds is 7. The minimum Gasteiger partial charge on any atom is -0.321 e. The van der Waals surface area contributed by atoms with Crippen LogP contribution in [0.4, 0.5) is 11.5 Å². The molecule has 9 nitrogen and oxygen atoms in total. The Bertz CT molecular complexity index is 1570. The Kier molecular flexibility index (Phi) is 5.39. The van der Waals surface area contributed by atoms with E-state index in [9.17, 15) is 4.79 Å². The average molecular weight is 486 g/mol. The largest absolute Gasteiger partial charge is 0.321 e. The number of nitrogens with one attached hydrogen (secondary N) is 2. The number of nitrogens with zero attached hydrogens (tertiary/aromatic N) is 5. The molecule has 1 saturated carbocycles. The summed E-state index contributed by atoms with van der Waals surface area (Å²) in [6, 6.07) is 11.9. The lowest BCUT2D eigenvalue weighted by Crippen LogP contribution is -2.12. The first-order valence-electron chi connectivity index (χ1n) is 11.4. The van der Waals surface area contributed by atoms with Gasteiger partial charge in [-0.05, 0) is 44.0 Å². The van der Waals surface area contributed by atoms with E-state index < -0.39 is 0 Å². The summed E-state index contributed by atoms with van der Waals surface area (Å²) in [6.07, 6.45) is 3.64. The molecule has 5 aromatic rings. The second-order valence-corrected chi connectivity index (χ2v) is 9.48. The fourth-order valence-corrected chi connectivity index (χ4v) is 5.27. The number of thiophene rings is 1. The Morgan fingerprint density at radius 1 is 1.20 bits per heavy atom. The van der Waals surface area contributed by atoms with Crippen molar-refractivity contribution in [1.82, 2.24) is 24.7 Å². The molecule has 1 aromatic carbocycles. The molecular formula is C25H23N7O2S. The fraction of sp³-hybridized carbons (Fsp3) is 0.240. The molecule has 0 saturated heterocycles. The van der Waals surface area contributed by atoms with Crippen molar-refractivity contribution in [2.75, 3.05) is 17.9 Å². The topological polar surface area (TPSA) is 107 Å². The minimum absolute atomic E-state index is 0.222. The molecule has 1 amide bonds. The van der Waals surface area contributed by atoms with Gasteiger partial charge in [-0.2, -0.15) is 5.10 Å². The third-order valence-corrected chi connectivity index (χ3v) is 7.05. The average Bonchev–Trinajstić information content (AvgIpc) is 3.49. The van der Waals surface area contributed by atoms with Crippen molar-refractivity contribution in [1.29, 1.82) is 0 Å². The standard InChI is InChI=1S/C25H23N7O2S/c1-14-5-3-6-16(28-14)11-32-19-8-4-7-18(20(19)21(30-32)15-9-10-15)29-25(33)17-12-35-23-22(17)26-13-27-24(23)31-34-2/h3-8,12-13,15H,9-11H2,1-2H3,(H,29,33)(H,26,27,31). The predicted octanol–water partition coefficient (Wildman–Crippen LogP) is 4.90. The van der Waals surface area contributed by atoms with Crippen LogP contribution in [-0.4, -0.2) is 37.7 Å². The summed E-state index contributed by atoms with van der Waals surface area (Å²) >= 11 is 1.40. The van der Waals surface area contributed by atoms with Crippen LogP contribution >= 0.6 is 11.3 Å². The Morgan fingerprint density at radius 2 is 2.06 bits per heavy atom. The monoisotopic (exact) mass is 485 g/mol. The third-order valence-electron chi connectivity index (χ3n) is 6.07. The lowest BCUT2D eigenvalue weighted by atomic mass is 10.1. The molecule has 4 heterocycles. The van der Waals surface area contributed by atoms with E-state index >= 15 is 0 Å². The van der Waals surface area contributed by atoms with Crippen LogP contribution in [0.3, 0.4) is 0 Å². The normalized spacial score (nSPS) is 13.4. The van der Waals surface area contributed by atoms with Crippen LogP contribution in [-0.2, 0) is 11.4 Å². The minimum atomic E-state index is -0.222. The summed E-state index contributed by atoms with van der Waals surface area (Å²) in [7, 11) is 1.52. The van der Waals surface area contributed by atoms with E-state index in [1.54, 1.807) is 5.38 Å². The second kappa shape index (κ2) is 8.71. The second-order valence-electron chi connectivity index (χ2n) is 8.60. The van der Waals surface area contributed by atoms with E-state index in [1.165, 1.54) is 24.8 Å². The highest BCUT2D eigenvalue weighted by Crippen LogP contribution is 2.44. The van der Waals surface area contributed by atoms with Crippen LogP contribution in [0.25, 0.3) is 21.1 Å². The number of pyridine rings is 1. The lowest BCUT2D eigenvalue weighted by Gasteiger charge is -2.08. The summed E-state index contributed by atoms with van der Waals surface area (Å²) in [5.41, 5.74) is 8.52. The lowest BCUT2D eigenvalue weighted by molar-refractivity contribution is 0.102. The van der Waals surface area contributed by atoms with Gasteiger partial charge < -0.3 is 5.32 Å². The number of carbonyl (C=O) groups excluding carboxylic acids is 1. The molecule has 2 N–H and O–H groups in total. The maximum atomic E-state index is 13.4. The van der Waals surface area contributed by atoms with Crippen molar-refractivity contribution < 1.29 is 9.63 Å². The zero-order valence-electron chi connectivity index (χ0n) is 19.3. The van der Waals surface area contributed by atoms with E-state index in [2.05, 4.69) is 31.8 Å². The summed E-state index contributed by atoms with van der Waals surface area (Å²) in [5, 5.41) is 10.9. The number of amides is 1. The molecule has 0 spiro atoms. The molecule has 0 radical (unpaired) electrons. The van der Waals surface area contributed by atoms with Crippen LogP contribution in [0, 0.1) is 6.92 Å². The van der Waals surface area contributed by atoms with Crippen molar-refractivity contribution in [3.05, 3.63) is 70.8 Å². The highest BCUT2D eigenvalue weighted by atomic mass is 32.1. The number of aromatic nitrogens is 5. The van der Waals surface area contributed by atoms with Gasteiger partial charge in [0.1, 0.15) is 6.33 Å². The smallest absolute Gasteiger partial charge is 0.258 e. The highest BCUT2D eigenvalue weighted by molar-refractivity contribution is 7.18. The Balaban J connectivity index is 1.38. The first kappa shape index (κ1) is 21.6. The number of hydrogen-bond donors (Lipinski definition) is 2. The molecule has 6 rings (SSSR count). The third kappa shape index (κ3) is 4.00. The summed E-state index contributed by atoms with van der Waals surface area (Å²) in [5.74, 6) is 0.728. The van der Waals surface area contributed by atoms with Gasteiger partial charge >= 0.3 is 0 Å². The van der Waals surface area contributed by atoms with E-state index in [4.69, 9.17) is 9.94 Å². The van der Waals surface area contributed by atoms with Gasteiger partial charge in [-0.3, -0.25) is 19.3 Å².